The maximum Gasteiger partial charge on any atom is 0.198 e. The van der Waals surface area contributed by atoms with Gasteiger partial charge in [0.05, 0.1) is 22.2 Å². The number of aromatic nitrogens is 2. The molecule has 0 saturated heterocycles. The van der Waals surface area contributed by atoms with E-state index >= 15 is 0 Å². The minimum absolute atomic E-state index is 0.841. The van der Waals surface area contributed by atoms with E-state index < -0.39 is 0 Å². The number of hydrogen-bond acceptors (Lipinski definition) is 1. The fraction of sp³-hybridized carbons (Fsp3) is 0.0769. The molecule has 0 spiro atoms. The first-order valence-electron chi connectivity index (χ1n) is 19.7. The molecule has 0 unspecified atom stereocenters. The van der Waals surface area contributed by atoms with Crippen LogP contribution in [0.1, 0.15) is 22.3 Å². The summed E-state index contributed by atoms with van der Waals surface area (Å²) in [4.78, 5) is 0. The molecule has 266 valence electrons. The zero-order valence-electron chi connectivity index (χ0n) is 32.1. The average molecular weight is 718 g/mol. The molecule has 0 amide bonds. The highest BCUT2D eigenvalue weighted by Gasteiger charge is 2.29. The molecule has 1 aliphatic rings. The Hall–Kier alpha value is -6.78. The van der Waals surface area contributed by atoms with Gasteiger partial charge in [0.2, 0.25) is 0 Å². The zero-order valence-corrected chi connectivity index (χ0v) is 32.1. The number of nitrogens with one attached hydrogen (secondary N) is 1. The van der Waals surface area contributed by atoms with Crippen molar-refractivity contribution in [2.75, 3.05) is 5.32 Å². The van der Waals surface area contributed by atoms with Crippen LogP contribution in [0, 0.1) is 27.7 Å². The minimum atomic E-state index is 0.841. The van der Waals surface area contributed by atoms with Gasteiger partial charge in [-0.25, -0.2) is 0 Å². The van der Waals surface area contributed by atoms with E-state index in [0.29, 0.717) is 0 Å². The molecule has 0 saturated carbocycles. The van der Waals surface area contributed by atoms with E-state index in [-0.39, 0.29) is 0 Å². The van der Waals surface area contributed by atoms with Crippen LogP contribution in [-0.2, 0) is 0 Å². The standard InChI is InChI=1S/C52H40BN3/c1-31-27-33(3)48(34(4)28-31)35-29-42(49-47(30-35)56-46-24-13-10-18-37(46)40-20-14-21-43(53-49)51(40)56)39-25-26-41-38-19-9-12-23-45(38)55(36-16-6-5-7-17-36)52(41)50(39)54-44-22-11-8-15-32(44)2/h5-30,53-54H,1-4H3. The number of hydrogen-bond donors (Lipinski definition) is 1. The molecule has 0 atom stereocenters. The van der Waals surface area contributed by atoms with Gasteiger partial charge in [0.25, 0.3) is 0 Å². The fourth-order valence-corrected chi connectivity index (χ4v) is 9.84. The fourth-order valence-electron chi connectivity index (χ4n) is 9.84. The summed E-state index contributed by atoms with van der Waals surface area (Å²) in [6.07, 6.45) is 0. The second-order valence-electron chi connectivity index (χ2n) is 15.7. The lowest BCUT2D eigenvalue weighted by molar-refractivity contribution is 1.18. The lowest BCUT2D eigenvalue weighted by atomic mass is 9.58. The van der Waals surface area contributed by atoms with Crippen molar-refractivity contribution in [1.82, 2.24) is 9.13 Å². The van der Waals surface area contributed by atoms with Crippen molar-refractivity contribution in [3.05, 3.63) is 180 Å². The zero-order chi connectivity index (χ0) is 37.7. The first kappa shape index (κ1) is 32.6. The first-order chi connectivity index (χ1) is 27.4. The van der Waals surface area contributed by atoms with Crippen molar-refractivity contribution in [3.8, 4) is 33.6 Å². The SMILES string of the molecule is Cc1cc(C)c(-c2cc(-c3ccc4c5ccccc5n(-c5ccccc5)c4c3Nc3ccccc3C)c3c(c2)-n2c4ccccc4c4cccc(c42)B3)c(C)c1. The summed E-state index contributed by atoms with van der Waals surface area (Å²) in [7, 11) is 0.841. The summed E-state index contributed by atoms with van der Waals surface area (Å²) >= 11 is 0. The van der Waals surface area contributed by atoms with Crippen molar-refractivity contribution in [3.63, 3.8) is 0 Å². The third-order valence-corrected chi connectivity index (χ3v) is 12.1. The monoisotopic (exact) mass is 717 g/mol. The summed E-state index contributed by atoms with van der Waals surface area (Å²) in [6, 6.07) is 58.4. The van der Waals surface area contributed by atoms with Crippen LogP contribution in [0.4, 0.5) is 11.4 Å². The predicted octanol–water partition coefficient (Wildman–Crippen LogP) is 11.9. The van der Waals surface area contributed by atoms with Gasteiger partial charge in [-0.3, -0.25) is 0 Å². The van der Waals surface area contributed by atoms with Gasteiger partial charge in [0, 0.05) is 49.7 Å². The Balaban J connectivity index is 1.31. The molecular weight excluding hydrogens is 677 g/mol. The summed E-state index contributed by atoms with van der Waals surface area (Å²) in [5, 5.41) is 9.16. The third kappa shape index (κ3) is 4.78. The number of rotatable bonds is 5. The minimum Gasteiger partial charge on any atom is -0.353 e. The molecule has 56 heavy (non-hydrogen) atoms. The Bertz CT molecular complexity index is 3210. The van der Waals surface area contributed by atoms with E-state index in [1.807, 2.05) is 0 Å². The molecule has 8 aromatic carbocycles. The number of para-hydroxylation sites is 5. The van der Waals surface area contributed by atoms with Crippen LogP contribution in [0.5, 0.6) is 0 Å². The molecular formula is C52H40BN3. The molecule has 4 heteroatoms. The van der Waals surface area contributed by atoms with Crippen molar-refractivity contribution in [2.24, 2.45) is 0 Å². The van der Waals surface area contributed by atoms with Gasteiger partial charge in [-0.05, 0) is 109 Å². The van der Waals surface area contributed by atoms with E-state index in [1.54, 1.807) is 0 Å². The molecule has 0 fully saturated rings. The van der Waals surface area contributed by atoms with Gasteiger partial charge in [-0.15, -0.1) is 0 Å². The summed E-state index contributed by atoms with van der Waals surface area (Å²) in [6.45, 7) is 8.93. The van der Waals surface area contributed by atoms with Crippen molar-refractivity contribution in [1.29, 1.82) is 0 Å². The number of anilines is 2. The number of aryl methyl sites for hydroxylation is 4. The molecule has 1 N–H and O–H groups in total. The topological polar surface area (TPSA) is 21.9 Å². The van der Waals surface area contributed by atoms with Crippen LogP contribution in [0.25, 0.3) is 77.2 Å². The molecule has 1 aliphatic heterocycles. The first-order valence-corrected chi connectivity index (χ1v) is 19.7. The van der Waals surface area contributed by atoms with E-state index in [4.69, 9.17) is 0 Å². The Morgan fingerprint density at radius 1 is 0.482 bits per heavy atom. The lowest BCUT2D eigenvalue weighted by Crippen LogP contribution is -2.37. The third-order valence-electron chi connectivity index (χ3n) is 12.1. The predicted molar refractivity (Wildman–Crippen MR) is 241 cm³/mol. The van der Waals surface area contributed by atoms with Gasteiger partial charge in [0.1, 0.15) is 0 Å². The Morgan fingerprint density at radius 2 is 1.12 bits per heavy atom. The van der Waals surface area contributed by atoms with Gasteiger partial charge in [-0.1, -0.05) is 126 Å². The van der Waals surface area contributed by atoms with E-state index in [2.05, 4.69) is 200 Å². The average Bonchev–Trinajstić information content (AvgIpc) is 3.73. The molecule has 10 aromatic rings. The largest absolute Gasteiger partial charge is 0.353 e. The lowest BCUT2D eigenvalue weighted by Gasteiger charge is -2.27. The molecule has 0 aliphatic carbocycles. The van der Waals surface area contributed by atoms with Gasteiger partial charge in [-0.2, -0.15) is 0 Å². The van der Waals surface area contributed by atoms with Crippen LogP contribution in [-0.4, -0.2) is 16.4 Å². The summed E-state index contributed by atoms with van der Waals surface area (Å²) < 4.78 is 5.01. The smallest absolute Gasteiger partial charge is 0.198 e. The molecule has 0 bridgehead atoms. The second kappa shape index (κ2) is 12.4. The quantitative estimate of drug-likeness (QED) is 0.176. The van der Waals surface area contributed by atoms with Gasteiger partial charge >= 0.3 is 0 Å². The maximum absolute atomic E-state index is 4.09. The Morgan fingerprint density at radius 3 is 1.88 bits per heavy atom. The van der Waals surface area contributed by atoms with Crippen LogP contribution in [0.15, 0.2) is 158 Å². The number of fused-ring (bicyclic) bond motifs is 8. The Kier molecular flexibility index (Phi) is 7.21. The highest BCUT2D eigenvalue weighted by molar-refractivity contribution is 6.73. The highest BCUT2D eigenvalue weighted by Crippen LogP contribution is 2.45. The van der Waals surface area contributed by atoms with Crippen LogP contribution in [0.2, 0.25) is 0 Å². The second-order valence-corrected chi connectivity index (χ2v) is 15.7. The maximum atomic E-state index is 4.09. The highest BCUT2D eigenvalue weighted by atomic mass is 15.0. The molecule has 11 rings (SSSR count). The number of nitrogens with zero attached hydrogens (tertiary/aromatic N) is 2. The van der Waals surface area contributed by atoms with Crippen LogP contribution in [0.3, 0.4) is 0 Å². The summed E-state index contributed by atoms with van der Waals surface area (Å²) in [5.74, 6) is 0. The number of benzene rings is 8. The van der Waals surface area contributed by atoms with E-state index in [0.717, 1.165) is 24.3 Å². The molecule has 3 heterocycles. The van der Waals surface area contributed by atoms with Crippen LogP contribution >= 0.6 is 0 Å². The van der Waals surface area contributed by atoms with Crippen molar-refractivity contribution < 1.29 is 0 Å². The van der Waals surface area contributed by atoms with Crippen molar-refractivity contribution in [2.45, 2.75) is 27.7 Å². The molecule has 0 radical (unpaired) electrons. The summed E-state index contributed by atoms with van der Waals surface area (Å²) in [5.41, 5.74) is 22.3. The molecule has 3 nitrogen and oxygen atoms in total. The van der Waals surface area contributed by atoms with E-state index in [1.165, 1.54) is 105 Å². The van der Waals surface area contributed by atoms with E-state index in [9.17, 15) is 0 Å². The van der Waals surface area contributed by atoms with Crippen molar-refractivity contribution >= 4 is 73.2 Å². The normalized spacial score (nSPS) is 12.1. The Labute approximate surface area is 327 Å². The molecule has 2 aromatic heterocycles. The van der Waals surface area contributed by atoms with Crippen LogP contribution < -0.4 is 16.2 Å². The van der Waals surface area contributed by atoms with Gasteiger partial charge < -0.3 is 14.5 Å². The van der Waals surface area contributed by atoms with Gasteiger partial charge in [0.15, 0.2) is 7.28 Å².